The topological polar surface area (TPSA) is 59.6 Å². The highest BCUT2D eigenvalue weighted by Crippen LogP contribution is 2.20. The zero-order valence-corrected chi connectivity index (χ0v) is 14.5. The number of urea groups is 1. The maximum Gasteiger partial charge on any atom is 0.319 e. The van der Waals surface area contributed by atoms with Gasteiger partial charge in [-0.15, -0.1) is 0 Å². The number of para-hydroxylation sites is 1. The van der Waals surface area contributed by atoms with Gasteiger partial charge in [0.05, 0.1) is 0 Å². The Morgan fingerprint density at radius 1 is 1.08 bits per heavy atom. The molecule has 1 saturated heterocycles. The number of hydrogen-bond donors (Lipinski definition) is 2. The zero-order chi connectivity index (χ0) is 17.5. The summed E-state index contributed by atoms with van der Waals surface area (Å²) in [5.74, 6) is 0.841. The number of nitrogens with one attached hydrogen (secondary N) is 2. The molecular weight excluding hydrogens is 316 g/mol. The van der Waals surface area contributed by atoms with E-state index in [1.165, 1.54) is 0 Å². The van der Waals surface area contributed by atoms with Crippen molar-refractivity contribution >= 4 is 11.7 Å². The van der Waals surface area contributed by atoms with Gasteiger partial charge in [0, 0.05) is 24.4 Å². The molecule has 2 amide bonds. The molecule has 2 aromatic rings. The van der Waals surface area contributed by atoms with E-state index in [1.54, 1.807) is 0 Å². The van der Waals surface area contributed by atoms with Crippen LogP contribution in [-0.2, 0) is 11.3 Å². The molecule has 5 nitrogen and oxygen atoms in total. The van der Waals surface area contributed by atoms with E-state index >= 15 is 0 Å². The lowest BCUT2D eigenvalue weighted by molar-refractivity contribution is 0.0500. The largest absolute Gasteiger partial charge is 0.489 e. The maximum atomic E-state index is 12.2. The number of carbonyl (C=O) groups is 1. The van der Waals surface area contributed by atoms with Gasteiger partial charge in [-0.25, -0.2) is 4.79 Å². The Kier molecular flexibility index (Phi) is 5.56. The Morgan fingerprint density at radius 3 is 2.44 bits per heavy atom. The molecule has 25 heavy (non-hydrogen) atoms. The van der Waals surface area contributed by atoms with Crippen molar-refractivity contribution in [2.24, 2.45) is 0 Å². The van der Waals surface area contributed by atoms with Crippen molar-refractivity contribution in [3.63, 3.8) is 0 Å². The molecular formula is C20H24N2O3. The second-order valence-electron chi connectivity index (χ2n) is 6.55. The number of benzene rings is 2. The van der Waals surface area contributed by atoms with Crippen LogP contribution in [0.1, 0.15) is 25.3 Å². The molecule has 3 rings (SSSR count). The smallest absolute Gasteiger partial charge is 0.319 e. The lowest BCUT2D eigenvalue weighted by Gasteiger charge is -2.34. The molecule has 0 aliphatic carbocycles. The van der Waals surface area contributed by atoms with Crippen LogP contribution in [0.25, 0.3) is 0 Å². The molecule has 1 fully saturated rings. The molecule has 0 atom stereocenters. The molecule has 132 valence electrons. The van der Waals surface area contributed by atoms with Crippen LogP contribution < -0.4 is 15.4 Å². The summed E-state index contributed by atoms with van der Waals surface area (Å²) in [5.41, 5.74) is 1.61. The van der Waals surface area contributed by atoms with Crippen LogP contribution in [0.3, 0.4) is 0 Å². The zero-order valence-electron chi connectivity index (χ0n) is 14.5. The third-order valence-electron chi connectivity index (χ3n) is 4.37. The number of rotatable bonds is 5. The minimum absolute atomic E-state index is 0.183. The Morgan fingerprint density at radius 2 is 1.76 bits per heavy atom. The molecule has 0 spiro atoms. The summed E-state index contributed by atoms with van der Waals surface area (Å²) in [6.45, 7) is 3.92. The van der Waals surface area contributed by atoms with Gasteiger partial charge in [-0.05, 0) is 49.6 Å². The molecule has 0 aromatic heterocycles. The third-order valence-corrected chi connectivity index (χ3v) is 4.37. The number of hydrogen-bond acceptors (Lipinski definition) is 3. The summed E-state index contributed by atoms with van der Waals surface area (Å²) in [6.07, 6.45) is 1.66. The first-order valence-corrected chi connectivity index (χ1v) is 8.57. The van der Waals surface area contributed by atoms with Gasteiger partial charge < -0.3 is 20.1 Å². The summed E-state index contributed by atoms with van der Waals surface area (Å²) in [6, 6.07) is 17.2. The molecule has 0 radical (unpaired) electrons. The van der Waals surface area contributed by atoms with E-state index in [0.717, 1.165) is 29.8 Å². The second kappa shape index (κ2) is 8.03. The first kappa shape index (κ1) is 17.3. The van der Waals surface area contributed by atoms with Gasteiger partial charge in [0.1, 0.15) is 12.4 Å². The highest BCUT2D eigenvalue weighted by Gasteiger charge is 2.28. The molecule has 0 saturated carbocycles. The normalized spacial score (nSPS) is 16.0. The summed E-state index contributed by atoms with van der Waals surface area (Å²) in [7, 11) is 0. The van der Waals surface area contributed by atoms with Crippen molar-refractivity contribution in [1.82, 2.24) is 5.32 Å². The number of amides is 2. The Bertz CT molecular complexity index is 680. The molecule has 2 aromatic carbocycles. The number of anilines is 1. The summed E-state index contributed by atoms with van der Waals surface area (Å²) >= 11 is 0. The molecule has 1 heterocycles. The van der Waals surface area contributed by atoms with Gasteiger partial charge in [-0.1, -0.05) is 30.3 Å². The van der Waals surface area contributed by atoms with Crippen LogP contribution in [0.4, 0.5) is 10.5 Å². The first-order valence-electron chi connectivity index (χ1n) is 8.57. The fourth-order valence-electron chi connectivity index (χ4n) is 2.75. The van der Waals surface area contributed by atoms with Crippen LogP contribution in [0.15, 0.2) is 54.6 Å². The second-order valence-corrected chi connectivity index (χ2v) is 6.55. The van der Waals surface area contributed by atoms with Crippen LogP contribution in [0.5, 0.6) is 5.75 Å². The van der Waals surface area contributed by atoms with Crippen molar-refractivity contribution in [3.8, 4) is 5.75 Å². The minimum atomic E-state index is -0.203. The van der Waals surface area contributed by atoms with Crippen LogP contribution >= 0.6 is 0 Å². The van der Waals surface area contributed by atoms with Gasteiger partial charge >= 0.3 is 6.03 Å². The number of carbonyl (C=O) groups excluding carboxylic acids is 1. The lowest BCUT2D eigenvalue weighted by atomic mass is 9.93. The Balaban J connectivity index is 1.49. The van der Waals surface area contributed by atoms with Crippen molar-refractivity contribution < 1.29 is 14.3 Å². The SMILES string of the molecule is CC1(NC(=O)Nc2ccc(COc3ccccc3)cc2)CCOCC1. The van der Waals surface area contributed by atoms with Crippen molar-refractivity contribution in [2.75, 3.05) is 18.5 Å². The monoisotopic (exact) mass is 340 g/mol. The van der Waals surface area contributed by atoms with E-state index < -0.39 is 0 Å². The Labute approximate surface area is 148 Å². The lowest BCUT2D eigenvalue weighted by Crippen LogP contribution is -2.51. The molecule has 1 aliphatic heterocycles. The molecule has 2 N–H and O–H groups in total. The molecule has 0 unspecified atom stereocenters. The van der Waals surface area contributed by atoms with E-state index in [0.29, 0.717) is 19.8 Å². The number of ether oxygens (including phenoxy) is 2. The third kappa shape index (κ3) is 5.22. The predicted molar refractivity (Wildman–Crippen MR) is 97.8 cm³/mol. The van der Waals surface area contributed by atoms with Gasteiger partial charge in [0.25, 0.3) is 0 Å². The Hall–Kier alpha value is -2.53. The fraction of sp³-hybridized carbons (Fsp3) is 0.350. The van der Waals surface area contributed by atoms with Crippen LogP contribution in [-0.4, -0.2) is 24.8 Å². The average Bonchev–Trinajstić information content (AvgIpc) is 2.62. The van der Waals surface area contributed by atoms with E-state index in [1.807, 2.05) is 54.6 Å². The van der Waals surface area contributed by atoms with E-state index in [2.05, 4.69) is 17.6 Å². The van der Waals surface area contributed by atoms with Gasteiger partial charge in [0.2, 0.25) is 0 Å². The molecule has 5 heteroatoms. The van der Waals surface area contributed by atoms with Crippen LogP contribution in [0.2, 0.25) is 0 Å². The van der Waals surface area contributed by atoms with Crippen molar-refractivity contribution in [1.29, 1.82) is 0 Å². The molecule has 1 aliphatic rings. The van der Waals surface area contributed by atoms with E-state index in [4.69, 9.17) is 9.47 Å². The fourth-order valence-corrected chi connectivity index (χ4v) is 2.75. The van der Waals surface area contributed by atoms with E-state index in [9.17, 15) is 4.79 Å². The molecule has 0 bridgehead atoms. The predicted octanol–water partition coefficient (Wildman–Crippen LogP) is 3.96. The average molecular weight is 340 g/mol. The maximum absolute atomic E-state index is 12.2. The summed E-state index contributed by atoms with van der Waals surface area (Å²) < 4.78 is 11.1. The highest BCUT2D eigenvalue weighted by atomic mass is 16.5. The highest BCUT2D eigenvalue weighted by molar-refractivity contribution is 5.89. The first-order chi connectivity index (χ1) is 12.1. The van der Waals surface area contributed by atoms with E-state index in [-0.39, 0.29) is 11.6 Å². The van der Waals surface area contributed by atoms with Gasteiger partial charge in [0.15, 0.2) is 0 Å². The summed E-state index contributed by atoms with van der Waals surface area (Å²) in [5, 5.41) is 5.93. The van der Waals surface area contributed by atoms with Crippen LogP contribution in [0, 0.1) is 0 Å². The standard InChI is InChI=1S/C20H24N2O3/c1-20(11-13-24-14-12-20)22-19(23)21-17-9-7-16(8-10-17)15-25-18-5-3-2-4-6-18/h2-10H,11-15H2,1H3,(H2,21,22,23). The quantitative estimate of drug-likeness (QED) is 0.866. The van der Waals surface area contributed by atoms with Gasteiger partial charge in [-0.3, -0.25) is 0 Å². The summed E-state index contributed by atoms with van der Waals surface area (Å²) in [4.78, 5) is 12.2. The van der Waals surface area contributed by atoms with Crippen molar-refractivity contribution in [3.05, 3.63) is 60.2 Å². The van der Waals surface area contributed by atoms with Crippen molar-refractivity contribution in [2.45, 2.75) is 31.9 Å². The van der Waals surface area contributed by atoms with Gasteiger partial charge in [-0.2, -0.15) is 0 Å². The minimum Gasteiger partial charge on any atom is -0.489 e.